The molecule has 0 radical (unpaired) electrons. The predicted molar refractivity (Wildman–Crippen MR) is 118 cm³/mol. The molecule has 1 fully saturated rings. The summed E-state index contributed by atoms with van der Waals surface area (Å²) in [4.78, 5) is 24.0. The number of benzene rings is 1. The lowest BCUT2D eigenvalue weighted by atomic mass is 9.86. The molecule has 1 aromatic carbocycles. The minimum absolute atomic E-state index is 0.0898. The number of hydrazine groups is 1. The monoisotopic (exact) mass is 419 g/mol. The summed E-state index contributed by atoms with van der Waals surface area (Å²) < 4.78 is 5.66. The van der Waals surface area contributed by atoms with Crippen LogP contribution < -0.4 is 20.9 Å². The van der Waals surface area contributed by atoms with Crippen molar-refractivity contribution in [3.05, 3.63) is 29.8 Å². The van der Waals surface area contributed by atoms with Gasteiger partial charge in [-0.1, -0.05) is 64.2 Å². The third kappa shape index (κ3) is 8.40. The van der Waals surface area contributed by atoms with E-state index in [0.29, 0.717) is 24.0 Å². The van der Waals surface area contributed by atoms with Crippen LogP contribution in [0, 0.1) is 5.92 Å². The van der Waals surface area contributed by atoms with Crippen LogP contribution in [0.3, 0.4) is 0 Å². The number of rotatable bonds is 8. The lowest BCUT2D eigenvalue weighted by Crippen LogP contribution is -2.49. The molecule has 1 saturated carbocycles. The van der Waals surface area contributed by atoms with E-state index in [1.54, 1.807) is 0 Å². The number of hydrogen-bond acceptors (Lipinski definition) is 4. The van der Waals surface area contributed by atoms with E-state index in [-0.39, 0.29) is 23.5 Å². The van der Waals surface area contributed by atoms with Crippen molar-refractivity contribution in [1.82, 2.24) is 16.2 Å². The Hall–Kier alpha value is -2.15. The number of amides is 2. The van der Waals surface area contributed by atoms with Crippen molar-refractivity contribution in [3.8, 4) is 5.75 Å². The van der Waals surface area contributed by atoms with Crippen LogP contribution in [-0.4, -0.2) is 23.5 Å². The summed E-state index contributed by atoms with van der Waals surface area (Å²) >= 11 is 5.07. The topological polar surface area (TPSA) is 79.5 Å². The SMILES string of the molecule is CCC(C)c1ccccc1OCC(=O)NNC(=S)NC(=O)CCC1CCCCC1. The van der Waals surface area contributed by atoms with E-state index in [0.717, 1.165) is 18.4 Å². The summed E-state index contributed by atoms with van der Waals surface area (Å²) in [5.74, 6) is 1.20. The number of hydrogen-bond donors (Lipinski definition) is 3. The average Bonchev–Trinajstić information content (AvgIpc) is 2.75. The second-order valence-corrected chi connectivity index (χ2v) is 8.14. The lowest BCUT2D eigenvalue weighted by molar-refractivity contribution is -0.124. The molecule has 2 amide bonds. The molecular weight excluding hydrogens is 386 g/mol. The summed E-state index contributed by atoms with van der Waals surface area (Å²) in [6.07, 6.45) is 8.61. The van der Waals surface area contributed by atoms with Gasteiger partial charge < -0.3 is 10.1 Å². The van der Waals surface area contributed by atoms with Gasteiger partial charge in [-0.05, 0) is 48.5 Å². The van der Waals surface area contributed by atoms with Crippen LogP contribution in [0.25, 0.3) is 0 Å². The number of ether oxygens (including phenoxy) is 1. The molecule has 0 aliphatic heterocycles. The molecule has 3 N–H and O–H groups in total. The van der Waals surface area contributed by atoms with E-state index in [9.17, 15) is 9.59 Å². The third-order valence-corrected chi connectivity index (χ3v) is 5.70. The molecule has 0 aromatic heterocycles. The first-order valence-electron chi connectivity index (χ1n) is 10.6. The molecule has 2 rings (SSSR count). The Bertz CT molecular complexity index is 690. The van der Waals surface area contributed by atoms with Gasteiger partial charge in [0.05, 0.1) is 0 Å². The number of carbonyl (C=O) groups is 2. The number of para-hydroxylation sites is 1. The van der Waals surface area contributed by atoms with Crippen molar-refractivity contribution >= 4 is 29.1 Å². The minimum atomic E-state index is -0.372. The van der Waals surface area contributed by atoms with Crippen LogP contribution >= 0.6 is 12.2 Å². The van der Waals surface area contributed by atoms with Gasteiger partial charge in [-0.25, -0.2) is 0 Å². The first-order valence-corrected chi connectivity index (χ1v) is 11.0. The molecule has 0 spiro atoms. The van der Waals surface area contributed by atoms with Gasteiger partial charge >= 0.3 is 0 Å². The maximum Gasteiger partial charge on any atom is 0.276 e. The van der Waals surface area contributed by atoms with Crippen molar-refractivity contribution in [3.63, 3.8) is 0 Å². The molecule has 1 aromatic rings. The second kappa shape index (κ2) is 12.4. The fourth-order valence-electron chi connectivity index (χ4n) is 3.58. The van der Waals surface area contributed by atoms with E-state index in [1.807, 2.05) is 24.3 Å². The third-order valence-electron chi connectivity index (χ3n) is 5.49. The molecule has 1 aliphatic carbocycles. The fourth-order valence-corrected chi connectivity index (χ4v) is 3.74. The Morgan fingerprint density at radius 2 is 1.86 bits per heavy atom. The highest BCUT2D eigenvalue weighted by Gasteiger charge is 2.15. The Labute approximate surface area is 179 Å². The van der Waals surface area contributed by atoms with Gasteiger partial charge in [0.2, 0.25) is 5.91 Å². The maximum absolute atomic E-state index is 12.0. The smallest absolute Gasteiger partial charge is 0.276 e. The van der Waals surface area contributed by atoms with E-state index in [2.05, 4.69) is 30.0 Å². The van der Waals surface area contributed by atoms with Gasteiger partial charge in [0.15, 0.2) is 11.7 Å². The van der Waals surface area contributed by atoms with Gasteiger partial charge in [-0.2, -0.15) is 0 Å². The van der Waals surface area contributed by atoms with E-state index in [1.165, 1.54) is 32.1 Å². The molecule has 6 nitrogen and oxygen atoms in total. The summed E-state index contributed by atoms with van der Waals surface area (Å²) in [6.45, 7) is 4.10. The number of nitrogens with one attached hydrogen (secondary N) is 3. The Kier molecular flexibility index (Phi) is 9.91. The Balaban J connectivity index is 1.65. The molecule has 0 bridgehead atoms. The second-order valence-electron chi connectivity index (χ2n) is 7.73. The van der Waals surface area contributed by atoms with Crippen LogP contribution in [0.4, 0.5) is 0 Å². The standard InChI is InChI=1S/C22H33N3O3S/c1-3-16(2)18-11-7-8-12-19(18)28-15-21(27)24-25-22(29)23-20(26)14-13-17-9-5-4-6-10-17/h7-8,11-12,16-17H,3-6,9-10,13-15H2,1-2H3,(H,24,27)(H2,23,25,26,29). The van der Waals surface area contributed by atoms with Crippen LogP contribution in [0.1, 0.15) is 76.7 Å². The Morgan fingerprint density at radius 1 is 1.14 bits per heavy atom. The molecule has 1 unspecified atom stereocenters. The predicted octanol–water partition coefficient (Wildman–Crippen LogP) is 3.96. The van der Waals surface area contributed by atoms with Crippen LogP contribution in [0.5, 0.6) is 5.75 Å². The van der Waals surface area contributed by atoms with E-state index >= 15 is 0 Å². The van der Waals surface area contributed by atoms with Crippen molar-refractivity contribution in [2.24, 2.45) is 5.92 Å². The molecule has 1 atom stereocenters. The summed E-state index contributed by atoms with van der Waals surface area (Å²) in [5.41, 5.74) is 6.09. The Morgan fingerprint density at radius 3 is 2.59 bits per heavy atom. The normalized spacial score (nSPS) is 15.2. The molecule has 0 heterocycles. The van der Waals surface area contributed by atoms with Crippen molar-refractivity contribution in [1.29, 1.82) is 0 Å². The van der Waals surface area contributed by atoms with Gasteiger partial charge in [0, 0.05) is 6.42 Å². The summed E-state index contributed by atoms with van der Waals surface area (Å²) in [5, 5.41) is 2.70. The van der Waals surface area contributed by atoms with Crippen molar-refractivity contribution < 1.29 is 14.3 Å². The van der Waals surface area contributed by atoms with Crippen molar-refractivity contribution in [2.45, 2.75) is 71.1 Å². The van der Waals surface area contributed by atoms with Crippen LogP contribution in [-0.2, 0) is 9.59 Å². The zero-order chi connectivity index (χ0) is 21.1. The first kappa shape index (κ1) is 23.1. The van der Waals surface area contributed by atoms with Gasteiger partial charge in [-0.3, -0.25) is 20.4 Å². The highest BCUT2D eigenvalue weighted by molar-refractivity contribution is 7.80. The maximum atomic E-state index is 12.0. The molecule has 160 valence electrons. The van der Waals surface area contributed by atoms with Gasteiger partial charge in [-0.15, -0.1) is 0 Å². The lowest BCUT2D eigenvalue weighted by Gasteiger charge is -2.21. The number of thiocarbonyl (C=S) groups is 1. The van der Waals surface area contributed by atoms with Gasteiger partial charge in [0.1, 0.15) is 5.75 Å². The van der Waals surface area contributed by atoms with Crippen LogP contribution in [0.2, 0.25) is 0 Å². The summed E-state index contributed by atoms with van der Waals surface area (Å²) in [7, 11) is 0. The number of carbonyl (C=O) groups excluding carboxylic acids is 2. The van der Waals surface area contributed by atoms with Crippen molar-refractivity contribution in [2.75, 3.05) is 6.61 Å². The molecule has 7 heteroatoms. The van der Waals surface area contributed by atoms with Gasteiger partial charge in [0.25, 0.3) is 5.91 Å². The highest BCUT2D eigenvalue weighted by Crippen LogP contribution is 2.28. The molecule has 1 aliphatic rings. The fraction of sp³-hybridized carbons (Fsp3) is 0.591. The first-order chi connectivity index (χ1) is 14.0. The average molecular weight is 420 g/mol. The minimum Gasteiger partial charge on any atom is -0.483 e. The largest absolute Gasteiger partial charge is 0.483 e. The highest BCUT2D eigenvalue weighted by atomic mass is 32.1. The quantitative estimate of drug-likeness (QED) is 0.439. The zero-order valence-corrected chi connectivity index (χ0v) is 18.3. The molecular formula is C22H33N3O3S. The molecule has 29 heavy (non-hydrogen) atoms. The van der Waals surface area contributed by atoms with E-state index < -0.39 is 0 Å². The molecule has 0 saturated heterocycles. The van der Waals surface area contributed by atoms with E-state index in [4.69, 9.17) is 17.0 Å². The zero-order valence-electron chi connectivity index (χ0n) is 17.5. The summed E-state index contributed by atoms with van der Waals surface area (Å²) in [6, 6.07) is 7.72. The van der Waals surface area contributed by atoms with Crippen LogP contribution in [0.15, 0.2) is 24.3 Å².